The molecular formula is C14H15N3. The molecule has 3 heteroatoms. The Morgan fingerprint density at radius 2 is 1.71 bits per heavy atom. The lowest BCUT2D eigenvalue weighted by Crippen LogP contribution is -2.01. The predicted octanol–water partition coefficient (Wildman–Crippen LogP) is 2.90. The SMILES string of the molecule is CCC1=C/C=C\C=C/C=C\1c1nccnc1N. The fourth-order valence-electron chi connectivity index (χ4n) is 1.74. The summed E-state index contributed by atoms with van der Waals surface area (Å²) in [6, 6.07) is 0. The molecule has 0 atom stereocenters. The van der Waals surface area contributed by atoms with Crippen LogP contribution in [0.2, 0.25) is 0 Å². The van der Waals surface area contributed by atoms with Gasteiger partial charge in [0.15, 0.2) is 0 Å². The average molecular weight is 225 g/mol. The molecule has 2 N–H and O–H groups in total. The van der Waals surface area contributed by atoms with Crippen LogP contribution in [-0.2, 0) is 0 Å². The van der Waals surface area contributed by atoms with E-state index in [2.05, 4.69) is 23.0 Å². The molecule has 0 amide bonds. The Morgan fingerprint density at radius 1 is 1.00 bits per heavy atom. The van der Waals surface area contributed by atoms with E-state index in [1.807, 2.05) is 30.4 Å². The van der Waals surface area contributed by atoms with Crippen molar-refractivity contribution < 1.29 is 0 Å². The molecule has 0 radical (unpaired) electrons. The van der Waals surface area contributed by atoms with Gasteiger partial charge in [0.25, 0.3) is 0 Å². The van der Waals surface area contributed by atoms with Gasteiger partial charge in [-0.25, -0.2) is 4.98 Å². The number of aromatic nitrogens is 2. The summed E-state index contributed by atoms with van der Waals surface area (Å²) in [7, 11) is 0. The minimum atomic E-state index is 0.469. The predicted molar refractivity (Wildman–Crippen MR) is 71.1 cm³/mol. The first-order valence-corrected chi connectivity index (χ1v) is 5.64. The molecule has 1 heterocycles. The van der Waals surface area contributed by atoms with Gasteiger partial charge in [-0.05, 0) is 12.0 Å². The molecule has 1 aromatic rings. The Morgan fingerprint density at radius 3 is 2.41 bits per heavy atom. The van der Waals surface area contributed by atoms with Gasteiger partial charge in [-0.3, -0.25) is 4.98 Å². The zero-order valence-corrected chi connectivity index (χ0v) is 9.80. The molecule has 1 aliphatic carbocycles. The topological polar surface area (TPSA) is 51.8 Å². The van der Waals surface area contributed by atoms with Crippen molar-refractivity contribution >= 4 is 11.4 Å². The van der Waals surface area contributed by atoms with Crippen LogP contribution in [0.5, 0.6) is 0 Å². The van der Waals surface area contributed by atoms with Crippen molar-refractivity contribution in [2.24, 2.45) is 0 Å². The van der Waals surface area contributed by atoms with E-state index in [9.17, 15) is 0 Å². The maximum absolute atomic E-state index is 5.87. The Hall–Kier alpha value is -2.16. The van der Waals surface area contributed by atoms with E-state index >= 15 is 0 Å². The second kappa shape index (κ2) is 5.25. The molecule has 86 valence electrons. The second-order valence-electron chi connectivity index (χ2n) is 3.69. The molecule has 0 aromatic carbocycles. The average Bonchev–Trinajstić information content (AvgIpc) is 2.31. The van der Waals surface area contributed by atoms with Crippen LogP contribution in [0.4, 0.5) is 5.82 Å². The molecule has 1 aliphatic rings. The van der Waals surface area contributed by atoms with Crippen LogP contribution < -0.4 is 5.73 Å². The Balaban J connectivity index is 2.51. The van der Waals surface area contributed by atoms with E-state index in [1.165, 1.54) is 5.57 Å². The lowest BCUT2D eigenvalue weighted by Gasteiger charge is -2.11. The molecule has 3 nitrogen and oxygen atoms in total. The smallest absolute Gasteiger partial charge is 0.149 e. The van der Waals surface area contributed by atoms with Gasteiger partial charge in [0.1, 0.15) is 11.5 Å². The maximum atomic E-state index is 5.87. The van der Waals surface area contributed by atoms with Crippen LogP contribution in [0.25, 0.3) is 5.57 Å². The highest BCUT2D eigenvalue weighted by Crippen LogP contribution is 2.27. The van der Waals surface area contributed by atoms with Gasteiger partial charge in [0, 0.05) is 18.0 Å². The number of hydrogen-bond acceptors (Lipinski definition) is 3. The highest BCUT2D eigenvalue weighted by molar-refractivity contribution is 5.82. The van der Waals surface area contributed by atoms with Crippen molar-refractivity contribution in [3.05, 3.63) is 60.1 Å². The summed E-state index contributed by atoms with van der Waals surface area (Å²) in [5, 5.41) is 0. The standard InChI is InChI=1S/C14H15N3/c1-2-11-7-5-3-4-6-8-12(11)13-14(15)17-10-9-16-13/h3-10H,2H2,1H3,(H2,15,17)/b4-3?,5-3-,6-4-,7-5?,8-6?,11-7-,12-8+,12-11?. The Kier molecular flexibility index (Phi) is 3.50. The van der Waals surface area contributed by atoms with Crippen molar-refractivity contribution in [2.45, 2.75) is 13.3 Å². The summed E-state index contributed by atoms with van der Waals surface area (Å²) in [5.74, 6) is 0.469. The van der Waals surface area contributed by atoms with Crippen LogP contribution in [0.15, 0.2) is 54.4 Å². The highest BCUT2D eigenvalue weighted by Gasteiger charge is 2.11. The first-order valence-electron chi connectivity index (χ1n) is 5.64. The van der Waals surface area contributed by atoms with Crippen molar-refractivity contribution in [1.82, 2.24) is 9.97 Å². The summed E-state index contributed by atoms with van der Waals surface area (Å²) in [6.45, 7) is 2.12. The number of anilines is 1. The summed E-state index contributed by atoms with van der Waals surface area (Å²) in [4.78, 5) is 8.40. The van der Waals surface area contributed by atoms with Crippen molar-refractivity contribution in [1.29, 1.82) is 0 Å². The quantitative estimate of drug-likeness (QED) is 0.842. The molecule has 0 saturated heterocycles. The monoisotopic (exact) mass is 225 g/mol. The number of hydrogen-bond donors (Lipinski definition) is 1. The van der Waals surface area contributed by atoms with E-state index in [4.69, 9.17) is 5.73 Å². The molecule has 0 bridgehead atoms. The van der Waals surface area contributed by atoms with Gasteiger partial charge in [-0.2, -0.15) is 0 Å². The zero-order valence-electron chi connectivity index (χ0n) is 9.80. The summed E-state index contributed by atoms with van der Waals surface area (Å²) in [5.41, 5.74) is 8.87. The third-order valence-corrected chi connectivity index (χ3v) is 2.60. The fourth-order valence-corrected chi connectivity index (χ4v) is 1.74. The van der Waals surface area contributed by atoms with E-state index in [0.29, 0.717) is 5.82 Å². The molecule has 0 saturated carbocycles. The number of nitrogens with zero attached hydrogens (tertiary/aromatic N) is 2. The molecule has 17 heavy (non-hydrogen) atoms. The van der Waals surface area contributed by atoms with Gasteiger partial charge in [-0.1, -0.05) is 43.4 Å². The molecule has 0 spiro atoms. The fraction of sp³-hybridized carbons (Fsp3) is 0.143. The lowest BCUT2D eigenvalue weighted by molar-refractivity contribution is 1.12. The van der Waals surface area contributed by atoms with Crippen LogP contribution >= 0.6 is 0 Å². The Bertz CT molecular complexity index is 522. The van der Waals surface area contributed by atoms with Crippen LogP contribution in [0.1, 0.15) is 19.0 Å². The molecule has 0 unspecified atom stereocenters. The molecule has 1 aromatic heterocycles. The minimum Gasteiger partial charge on any atom is -0.382 e. The van der Waals surface area contributed by atoms with Gasteiger partial charge in [0.2, 0.25) is 0 Å². The largest absolute Gasteiger partial charge is 0.382 e. The number of rotatable bonds is 2. The first-order chi connectivity index (χ1) is 8.33. The minimum absolute atomic E-state index is 0.469. The zero-order chi connectivity index (χ0) is 12.1. The summed E-state index contributed by atoms with van der Waals surface area (Å²) < 4.78 is 0. The highest BCUT2D eigenvalue weighted by atomic mass is 14.9. The summed E-state index contributed by atoms with van der Waals surface area (Å²) >= 11 is 0. The van der Waals surface area contributed by atoms with Gasteiger partial charge < -0.3 is 5.73 Å². The maximum Gasteiger partial charge on any atom is 0.149 e. The van der Waals surface area contributed by atoms with Crippen molar-refractivity contribution in [2.75, 3.05) is 5.73 Å². The van der Waals surface area contributed by atoms with Crippen LogP contribution in [0, 0.1) is 0 Å². The third kappa shape index (κ3) is 2.50. The molecule has 2 rings (SSSR count). The molecule has 0 fully saturated rings. The van der Waals surface area contributed by atoms with E-state index in [-0.39, 0.29) is 0 Å². The lowest BCUT2D eigenvalue weighted by atomic mass is 9.98. The van der Waals surface area contributed by atoms with E-state index in [1.54, 1.807) is 12.4 Å². The van der Waals surface area contributed by atoms with Crippen LogP contribution in [0.3, 0.4) is 0 Å². The van der Waals surface area contributed by atoms with E-state index < -0.39 is 0 Å². The summed E-state index contributed by atoms with van der Waals surface area (Å²) in [6.07, 6.45) is 16.3. The normalized spacial score (nSPS) is 24.8. The van der Waals surface area contributed by atoms with Crippen molar-refractivity contribution in [3.8, 4) is 0 Å². The Labute approximate surface area is 101 Å². The number of allylic oxidation sites excluding steroid dienone is 8. The third-order valence-electron chi connectivity index (χ3n) is 2.60. The van der Waals surface area contributed by atoms with Crippen molar-refractivity contribution in [3.63, 3.8) is 0 Å². The van der Waals surface area contributed by atoms with Gasteiger partial charge in [0.05, 0.1) is 0 Å². The number of nitrogens with two attached hydrogens (primary N) is 1. The number of nitrogen functional groups attached to an aromatic ring is 1. The van der Waals surface area contributed by atoms with Gasteiger partial charge >= 0.3 is 0 Å². The molecular weight excluding hydrogens is 210 g/mol. The van der Waals surface area contributed by atoms with E-state index in [0.717, 1.165) is 17.7 Å². The first kappa shape index (κ1) is 11.3. The van der Waals surface area contributed by atoms with Crippen LogP contribution in [-0.4, -0.2) is 9.97 Å². The van der Waals surface area contributed by atoms with Gasteiger partial charge in [-0.15, -0.1) is 0 Å². The second-order valence-corrected chi connectivity index (χ2v) is 3.69. The molecule has 0 aliphatic heterocycles.